The summed E-state index contributed by atoms with van der Waals surface area (Å²) < 4.78 is 33.7. The van der Waals surface area contributed by atoms with Gasteiger partial charge in [0.2, 0.25) is 0 Å². The second-order valence-corrected chi connectivity index (χ2v) is 17.3. The second kappa shape index (κ2) is 39.3. The predicted octanol–water partition coefficient (Wildman–Crippen LogP) is 11.1. The molecule has 59 heavy (non-hydrogen) atoms. The number of phosphoric acid groups is 1. The summed E-state index contributed by atoms with van der Waals surface area (Å²) in [6, 6.07) is 0. The minimum Gasteiger partial charge on any atom is -0.756 e. The van der Waals surface area contributed by atoms with Crippen molar-refractivity contribution in [1.29, 1.82) is 0 Å². The fourth-order valence-corrected chi connectivity index (χ4v) is 6.12. The highest BCUT2D eigenvalue weighted by molar-refractivity contribution is 7.45. The van der Waals surface area contributed by atoms with Crippen molar-refractivity contribution in [2.75, 3.05) is 47.5 Å². The topological polar surface area (TPSA) is 131 Å². The van der Waals surface area contributed by atoms with E-state index < -0.39 is 38.6 Å². The zero-order chi connectivity index (χ0) is 43.7. The number of likely N-dealkylation sites (N-methyl/N-ethyl adjacent to an activating group) is 1. The minimum absolute atomic E-state index is 0.0641. The summed E-state index contributed by atoms with van der Waals surface area (Å²) in [5.74, 6) is -1.01. The highest BCUT2D eigenvalue weighted by Crippen LogP contribution is 2.38. The molecule has 338 valence electrons. The van der Waals surface area contributed by atoms with Gasteiger partial charge in [0.05, 0.1) is 33.9 Å². The molecule has 0 aromatic carbocycles. The molecule has 0 spiro atoms. The Labute approximate surface area is 359 Å². The van der Waals surface area contributed by atoms with Gasteiger partial charge in [-0.25, -0.2) is 0 Å². The van der Waals surface area contributed by atoms with E-state index in [9.17, 15) is 24.2 Å². The number of esters is 2. The number of hydrogen-bond acceptors (Lipinski definition) is 9. The first-order valence-corrected chi connectivity index (χ1v) is 23.9. The SMILES string of the molecule is CCCCC/C=C\C[C@H](O)/C=C/C=C\C/C=C\CCCC(=O)O[C@H](COC(=O)CCC/C=C\C/C=C\C/C=C\CCCCCCCC)COP(=O)([O-])OCC[N+](C)(C)C. The van der Waals surface area contributed by atoms with Crippen LogP contribution in [0.15, 0.2) is 85.1 Å². The van der Waals surface area contributed by atoms with Gasteiger partial charge in [-0.3, -0.25) is 14.2 Å². The number of phosphoric ester groups is 1. The number of hydrogen-bond donors (Lipinski definition) is 1. The Morgan fingerprint density at radius 1 is 0.627 bits per heavy atom. The zero-order valence-electron chi connectivity index (χ0n) is 37.5. The van der Waals surface area contributed by atoms with Crippen molar-refractivity contribution in [3.8, 4) is 0 Å². The molecule has 0 aromatic rings. The molecule has 0 saturated heterocycles. The maximum Gasteiger partial charge on any atom is 0.306 e. The zero-order valence-corrected chi connectivity index (χ0v) is 38.4. The summed E-state index contributed by atoms with van der Waals surface area (Å²) in [5, 5.41) is 10.0. The second-order valence-electron chi connectivity index (χ2n) is 15.9. The van der Waals surface area contributed by atoms with Crippen LogP contribution in [0.2, 0.25) is 0 Å². The average Bonchev–Trinajstić information content (AvgIpc) is 3.18. The third-order valence-corrected chi connectivity index (χ3v) is 9.93. The standard InChI is InChI=1S/C48H82NO9P/c1-6-8-10-12-14-15-16-17-18-19-20-21-22-23-27-31-35-39-47(51)55-43-46(44-57-59(53,54)56-42-41-49(3,4)5)58-48(52)40-36-32-28-25-24-26-30-34-38-45(50)37-33-29-13-11-9-7-2/h17-18,20-21,23,25-30,33-34,38,45-46,50H,6-16,19,22,24,31-32,35-37,39-44H2,1-5H3/b18-17-,21-20-,27-23-,28-25-,30-26-,33-29-,38-34+/t45-,46+/m0/s1. The summed E-state index contributed by atoms with van der Waals surface area (Å²) in [4.78, 5) is 37.5. The van der Waals surface area contributed by atoms with Gasteiger partial charge in [-0.1, -0.05) is 144 Å². The molecule has 3 atom stereocenters. The van der Waals surface area contributed by atoms with Crippen LogP contribution in [0.3, 0.4) is 0 Å². The molecule has 0 fully saturated rings. The number of quaternary nitrogens is 1. The van der Waals surface area contributed by atoms with E-state index in [-0.39, 0.29) is 26.1 Å². The smallest absolute Gasteiger partial charge is 0.306 e. The molecule has 0 amide bonds. The molecule has 0 bridgehead atoms. The summed E-state index contributed by atoms with van der Waals surface area (Å²) >= 11 is 0. The lowest BCUT2D eigenvalue weighted by Crippen LogP contribution is -2.37. The Hall–Kier alpha value is -2.85. The number of allylic oxidation sites excluding steroid dienone is 12. The van der Waals surface area contributed by atoms with Crippen molar-refractivity contribution >= 4 is 19.8 Å². The van der Waals surface area contributed by atoms with E-state index in [0.29, 0.717) is 43.1 Å². The van der Waals surface area contributed by atoms with Gasteiger partial charge < -0.3 is 33.0 Å². The summed E-state index contributed by atoms with van der Waals surface area (Å²) in [6.45, 7) is 3.95. The number of ether oxygens (including phenoxy) is 2. The van der Waals surface area contributed by atoms with E-state index in [1.54, 1.807) is 6.08 Å². The predicted molar refractivity (Wildman–Crippen MR) is 242 cm³/mol. The molecule has 10 nitrogen and oxygen atoms in total. The first kappa shape index (κ1) is 56.1. The van der Waals surface area contributed by atoms with Crippen LogP contribution in [0.5, 0.6) is 0 Å². The number of carbonyl (C=O) groups is 2. The van der Waals surface area contributed by atoms with Crippen LogP contribution in [-0.2, 0) is 32.7 Å². The average molecular weight is 848 g/mol. The number of aliphatic hydroxyl groups excluding tert-OH is 1. The van der Waals surface area contributed by atoms with Crippen molar-refractivity contribution in [1.82, 2.24) is 0 Å². The van der Waals surface area contributed by atoms with Crippen molar-refractivity contribution in [2.24, 2.45) is 0 Å². The highest BCUT2D eigenvalue weighted by atomic mass is 31.2. The van der Waals surface area contributed by atoms with Crippen LogP contribution in [0.25, 0.3) is 0 Å². The maximum absolute atomic E-state index is 12.7. The van der Waals surface area contributed by atoms with E-state index in [4.69, 9.17) is 18.5 Å². The molecular weight excluding hydrogens is 766 g/mol. The van der Waals surface area contributed by atoms with Gasteiger partial charge in [0, 0.05) is 12.8 Å². The fraction of sp³-hybridized carbons (Fsp3) is 0.667. The van der Waals surface area contributed by atoms with Gasteiger partial charge in [0.1, 0.15) is 19.8 Å². The van der Waals surface area contributed by atoms with Crippen molar-refractivity contribution < 1.29 is 47.2 Å². The molecule has 0 aromatic heterocycles. The van der Waals surface area contributed by atoms with Gasteiger partial charge in [-0.2, -0.15) is 0 Å². The molecule has 11 heteroatoms. The molecule has 0 heterocycles. The van der Waals surface area contributed by atoms with Crippen LogP contribution < -0.4 is 4.89 Å². The van der Waals surface area contributed by atoms with Crippen LogP contribution in [-0.4, -0.2) is 81.2 Å². The lowest BCUT2D eigenvalue weighted by atomic mass is 10.1. The third-order valence-electron chi connectivity index (χ3n) is 8.97. The molecule has 0 saturated carbocycles. The van der Waals surface area contributed by atoms with E-state index in [1.807, 2.05) is 63.7 Å². The van der Waals surface area contributed by atoms with Gasteiger partial charge in [-0.05, 0) is 77.0 Å². The van der Waals surface area contributed by atoms with Crippen molar-refractivity contribution in [2.45, 2.75) is 161 Å². The largest absolute Gasteiger partial charge is 0.756 e. The molecule has 0 radical (unpaired) electrons. The Bertz CT molecular complexity index is 1300. The Balaban J connectivity index is 4.61. The Kier molecular flexibility index (Phi) is 37.4. The molecule has 1 unspecified atom stereocenters. The maximum atomic E-state index is 12.7. The third kappa shape index (κ3) is 43.1. The van der Waals surface area contributed by atoms with Crippen LogP contribution in [0, 0.1) is 0 Å². The number of unbranched alkanes of at least 4 members (excludes halogenated alkanes) is 11. The van der Waals surface area contributed by atoms with Gasteiger partial charge in [0.15, 0.2) is 6.10 Å². The number of aliphatic hydroxyl groups is 1. The first-order valence-electron chi connectivity index (χ1n) is 22.4. The Morgan fingerprint density at radius 3 is 1.76 bits per heavy atom. The number of rotatable bonds is 39. The van der Waals surface area contributed by atoms with E-state index in [2.05, 4.69) is 50.3 Å². The van der Waals surface area contributed by atoms with Gasteiger partial charge >= 0.3 is 11.9 Å². The lowest BCUT2D eigenvalue weighted by molar-refractivity contribution is -0.870. The first-order chi connectivity index (χ1) is 28.4. The molecule has 0 aliphatic carbocycles. The van der Waals surface area contributed by atoms with E-state index >= 15 is 0 Å². The summed E-state index contributed by atoms with van der Waals surface area (Å²) in [6.07, 6.45) is 46.5. The summed E-state index contributed by atoms with van der Waals surface area (Å²) in [7, 11) is 1.05. The number of carbonyl (C=O) groups excluding carboxylic acids is 2. The van der Waals surface area contributed by atoms with E-state index in [0.717, 1.165) is 32.1 Å². The Morgan fingerprint density at radius 2 is 1.14 bits per heavy atom. The molecule has 0 aliphatic rings. The van der Waals surface area contributed by atoms with Crippen molar-refractivity contribution in [3.63, 3.8) is 0 Å². The number of nitrogens with zero attached hydrogens (tertiary/aromatic N) is 1. The monoisotopic (exact) mass is 848 g/mol. The van der Waals surface area contributed by atoms with Gasteiger partial charge in [0.25, 0.3) is 7.82 Å². The lowest BCUT2D eigenvalue weighted by Gasteiger charge is -2.28. The van der Waals surface area contributed by atoms with Gasteiger partial charge in [-0.15, -0.1) is 0 Å². The fourth-order valence-electron chi connectivity index (χ4n) is 5.39. The van der Waals surface area contributed by atoms with E-state index in [1.165, 1.54) is 57.8 Å². The normalized spacial score (nSPS) is 14.9. The highest BCUT2D eigenvalue weighted by Gasteiger charge is 2.21. The van der Waals surface area contributed by atoms with Crippen LogP contribution >= 0.6 is 7.82 Å². The van der Waals surface area contributed by atoms with Crippen LogP contribution in [0.4, 0.5) is 0 Å². The summed E-state index contributed by atoms with van der Waals surface area (Å²) in [5.41, 5.74) is 0. The molecule has 0 aliphatic heterocycles. The minimum atomic E-state index is -4.67. The van der Waals surface area contributed by atoms with Crippen LogP contribution in [0.1, 0.15) is 149 Å². The molecule has 1 N–H and O–H groups in total. The molecule has 0 rings (SSSR count). The molecular formula is C48H82NO9P. The van der Waals surface area contributed by atoms with Crippen molar-refractivity contribution in [3.05, 3.63) is 85.1 Å². The quantitative estimate of drug-likeness (QED) is 0.0160.